The van der Waals surface area contributed by atoms with Gasteiger partial charge in [-0.1, -0.05) is 61.7 Å². The Morgan fingerprint density at radius 2 is 1.73 bits per heavy atom. The highest BCUT2D eigenvalue weighted by Gasteiger charge is 2.35. The van der Waals surface area contributed by atoms with Crippen molar-refractivity contribution in [2.24, 2.45) is 5.73 Å². The summed E-state index contributed by atoms with van der Waals surface area (Å²) in [5.41, 5.74) is 8.69. The van der Waals surface area contributed by atoms with Crippen molar-refractivity contribution in [3.8, 4) is 0 Å². The Kier molecular flexibility index (Phi) is 6.42. The quantitative estimate of drug-likeness (QED) is 0.739. The van der Waals surface area contributed by atoms with Crippen molar-refractivity contribution >= 4 is 11.6 Å². The molecule has 0 aromatic heterocycles. The maximum Gasteiger partial charge on any atom is 0.244 e. The topological polar surface area (TPSA) is 64.4 Å². The van der Waals surface area contributed by atoms with Crippen LogP contribution in [0.2, 0.25) is 0 Å². The van der Waals surface area contributed by atoms with Gasteiger partial charge in [0.1, 0.15) is 0 Å². The van der Waals surface area contributed by atoms with Crippen molar-refractivity contribution in [3.05, 3.63) is 65.7 Å². The number of carbonyl (C=O) groups is 1. The van der Waals surface area contributed by atoms with Gasteiger partial charge < -0.3 is 15.8 Å². The molecule has 2 aromatic rings. The Balaban J connectivity index is 1.49. The maximum atomic E-state index is 12.6. The molecule has 0 atom stereocenters. The SMILES string of the molecule is NC1(C(=O)Nc2cccc(COCCc3ccccc3)c2)CCCCC1. The van der Waals surface area contributed by atoms with Crippen molar-refractivity contribution in [1.29, 1.82) is 0 Å². The molecule has 1 aliphatic carbocycles. The van der Waals surface area contributed by atoms with Crippen LogP contribution in [0.4, 0.5) is 5.69 Å². The second-order valence-electron chi connectivity index (χ2n) is 7.16. The Hall–Kier alpha value is -2.17. The highest BCUT2D eigenvalue weighted by atomic mass is 16.5. The Morgan fingerprint density at radius 3 is 2.50 bits per heavy atom. The Bertz CT molecular complexity index is 709. The molecule has 0 aliphatic heterocycles. The lowest BCUT2D eigenvalue weighted by atomic mass is 9.82. The average Bonchev–Trinajstić information content (AvgIpc) is 2.67. The molecule has 2 aromatic carbocycles. The van der Waals surface area contributed by atoms with Gasteiger partial charge in [-0.15, -0.1) is 0 Å². The van der Waals surface area contributed by atoms with E-state index in [4.69, 9.17) is 10.5 Å². The number of rotatable bonds is 7. The average molecular weight is 352 g/mol. The summed E-state index contributed by atoms with van der Waals surface area (Å²) < 4.78 is 5.78. The van der Waals surface area contributed by atoms with Crippen molar-refractivity contribution < 1.29 is 9.53 Å². The van der Waals surface area contributed by atoms with Gasteiger partial charge in [-0.25, -0.2) is 0 Å². The molecule has 1 aliphatic rings. The van der Waals surface area contributed by atoms with E-state index in [0.717, 1.165) is 43.4 Å². The first-order valence-electron chi connectivity index (χ1n) is 9.47. The summed E-state index contributed by atoms with van der Waals surface area (Å²) in [6.07, 6.45) is 5.65. The van der Waals surface area contributed by atoms with Gasteiger partial charge in [0.05, 0.1) is 18.8 Å². The van der Waals surface area contributed by atoms with Crippen molar-refractivity contribution in [2.45, 2.75) is 50.7 Å². The lowest BCUT2D eigenvalue weighted by Gasteiger charge is -2.31. The molecule has 1 saturated carbocycles. The molecule has 4 heteroatoms. The van der Waals surface area contributed by atoms with E-state index in [2.05, 4.69) is 17.4 Å². The van der Waals surface area contributed by atoms with E-state index >= 15 is 0 Å². The van der Waals surface area contributed by atoms with Crippen LogP contribution < -0.4 is 11.1 Å². The van der Waals surface area contributed by atoms with Crippen LogP contribution in [0.3, 0.4) is 0 Å². The van der Waals surface area contributed by atoms with Crippen molar-refractivity contribution in [2.75, 3.05) is 11.9 Å². The minimum atomic E-state index is -0.722. The highest BCUT2D eigenvalue weighted by molar-refractivity contribution is 5.98. The summed E-state index contributed by atoms with van der Waals surface area (Å²) in [5.74, 6) is -0.0701. The molecular weight excluding hydrogens is 324 g/mol. The fourth-order valence-electron chi connectivity index (χ4n) is 3.43. The minimum absolute atomic E-state index is 0.0701. The normalized spacial score (nSPS) is 16.2. The maximum absolute atomic E-state index is 12.6. The number of benzene rings is 2. The number of hydrogen-bond donors (Lipinski definition) is 2. The molecule has 3 rings (SSSR count). The zero-order valence-corrected chi connectivity index (χ0v) is 15.2. The first-order valence-corrected chi connectivity index (χ1v) is 9.47. The standard InChI is InChI=1S/C22H28N2O2/c23-22(13-5-2-6-14-22)21(25)24-20-11-7-10-19(16-20)17-26-15-12-18-8-3-1-4-9-18/h1,3-4,7-11,16H,2,5-6,12-15,17,23H2,(H,24,25). The largest absolute Gasteiger partial charge is 0.376 e. The van der Waals surface area contributed by atoms with E-state index in [-0.39, 0.29) is 5.91 Å². The molecule has 0 saturated heterocycles. The molecule has 26 heavy (non-hydrogen) atoms. The van der Waals surface area contributed by atoms with Crippen LogP contribution in [0.1, 0.15) is 43.2 Å². The Labute approximate surface area is 155 Å². The smallest absolute Gasteiger partial charge is 0.244 e. The molecular formula is C22H28N2O2. The van der Waals surface area contributed by atoms with Crippen LogP contribution in [0.5, 0.6) is 0 Å². The van der Waals surface area contributed by atoms with Crippen LogP contribution in [-0.2, 0) is 22.6 Å². The van der Waals surface area contributed by atoms with Gasteiger partial charge in [0.25, 0.3) is 0 Å². The zero-order chi connectivity index (χ0) is 18.2. The van der Waals surface area contributed by atoms with Crippen LogP contribution >= 0.6 is 0 Å². The van der Waals surface area contributed by atoms with Crippen LogP contribution in [-0.4, -0.2) is 18.1 Å². The summed E-state index contributed by atoms with van der Waals surface area (Å²) in [6.45, 7) is 1.21. The fraction of sp³-hybridized carbons (Fsp3) is 0.409. The number of anilines is 1. The van der Waals surface area contributed by atoms with E-state index in [9.17, 15) is 4.79 Å². The lowest BCUT2D eigenvalue weighted by molar-refractivity contribution is -0.122. The monoisotopic (exact) mass is 352 g/mol. The van der Waals surface area contributed by atoms with Crippen molar-refractivity contribution in [3.63, 3.8) is 0 Å². The number of nitrogens with two attached hydrogens (primary N) is 1. The summed E-state index contributed by atoms with van der Waals surface area (Å²) in [4.78, 5) is 12.6. The lowest BCUT2D eigenvalue weighted by Crippen LogP contribution is -2.52. The van der Waals surface area contributed by atoms with E-state index in [1.54, 1.807) is 0 Å². The van der Waals surface area contributed by atoms with Gasteiger partial charge in [-0.2, -0.15) is 0 Å². The second-order valence-corrected chi connectivity index (χ2v) is 7.16. The predicted molar refractivity (Wildman–Crippen MR) is 105 cm³/mol. The first-order chi connectivity index (χ1) is 12.7. The van der Waals surface area contributed by atoms with Crippen LogP contribution in [0.15, 0.2) is 54.6 Å². The number of hydrogen-bond acceptors (Lipinski definition) is 3. The van der Waals surface area contributed by atoms with Gasteiger partial charge in [0.2, 0.25) is 5.91 Å². The zero-order valence-electron chi connectivity index (χ0n) is 15.2. The van der Waals surface area contributed by atoms with Gasteiger partial charge in [-0.3, -0.25) is 4.79 Å². The minimum Gasteiger partial charge on any atom is -0.376 e. The molecule has 1 amide bonds. The molecule has 1 fully saturated rings. The molecule has 0 spiro atoms. The highest BCUT2D eigenvalue weighted by Crippen LogP contribution is 2.27. The molecule has 4 nitrogen and oxygen atoms in total. The third kappa shape index (κ3) is 5.16. The molecule has 138 valence electrons. The van der Waals surface area contributed by atoms with Gasteiger partial charge in [0, 0.05) is 5.69 Å². The summed E-state index contributed by atoms with van der Waals surface area (Å²) >= 11 is 0. The molecule has 3 N–H and O–H groups in total. The third-order valence-electron chi connectivity index (χ3n) is 5.03. The van der Waals surface area contributed by atoms with E-state index in [1.807, 2.05) is 42.5 Å². The van der Waals surface area contributed by atoms with Crippen LogP contribution in [0, 0.1) is 0 Å². The van der Waals surface area contributed by atoms with Gasteiger partial charge >= 0.3 is 0 Å². The number of ether oxygens (including phenoxy) is 1. The second kappa shape index (κ2) is 8.97. The van der Waals surface area contributed by atoms with E-state index in [1.165, 1.54) is 12.0 Å². The predicted octanol–water partition coefficient (Wildman–Crippen LogP) is 4.05. The third-order valence-corrected chi connectivity index (χ3v) is 5.03. The molecule has 0 heterocycles. The van der Waals surface area contributed by atoms with Gasteiger partial charge in [-0.05, 0) is 42.5 Å². The number of amides is 1. The summed E-state index contributed by atoms with van der Waals surface area (Å²) in [7, 11) is 0. The molecule has 0 unspecified atom stereocenters. The van der Waals surface area contributed by atoms with E-state index in [0.29, 0.717) is 13.2 Å². The molecule has 0 radical (unpaired) electrons. The fourth-order valence-corrected chi connectivity index (χ4v) is 3.43. The summed E-state index contributed by atoms with van der Waals surface area (Å²) in [6, 6.07) is 18.1. The van der Waals surface area contributed by atoms with Gasteiger partial charge in [0.15, 0.2) is 0 Å². The number of nitrogens with one attached hydrogen (secondary N) is 1. The number of carbonyl (C=O) groups excluding carboxylic acids is 1. The van der Waals surface area contributed by atoms with Crippen molar-refractivity contribution in [1.82, 2.24) is 0 Å². The Morgan fingerprint density at radius 1 is 1.00 bits per heavy atom. The summed E-state index contributed by atoms with van der Waals surface area (Å²) in [5, 5.41) is 2.99. The van der Waals surface area contributed by atoms with Crippen LogP contribution in [0.25, 0.3) is 0 Å². The van der Waals surface area contributed by atoms with E-state index < -0.39 is 5.54 Å². The first kappa shape index (κ1) is 18.6. The molecule has 0 bridgehead atoms.